The molecule has 0 unspecified atom stereocenters. The molecular weight excluding hydrogens is 685 g/mol. The number of hydrogen-bond donors (Lipinski definition) is 2. The summed E-state index contributed by atoms with van der Waals surface area (Å²) in [7, 11) is 1.72. The molecule has 0 spiro atoms. The van der Waals surface area contributed by atoms with E-state index in [1.807, 2.05) is 24.3 Å². The van der Waals surface area contributed by atoms with E-state index in [2.05, 4.69) is 174 Å². The lowest BCUT2D eigenvalue weighted by Crippen LogP contribution is -2.04. The first-order valence-corrected chi connectivity index (χ1v) is 18.8. The van der Waals surface area contributed by atoms with Crippen LogP contribution >= 0.6 is 0 Å². The van der Waals surface area contributed by atoms with Crippen LogP contribution in [0.4, 0.5) is 5.69 Å². The molecule has 5 nitrogen and oxygen atoms in total. The van der Waals surface area contributed by atoms with E-state index in [4.69, 9.17) is 14.7 Å². The van der Waals surface area contributed by atoms with Crippen LogP contribution in [0.15, 0.2) is 181 Å². The fraction of sp³-hybridized carbons (Fsp3) is 0.0196. The zero-order valence-electron chi connectivity index (χ0n) is 30.7. The maximum absolute atomic E-state index is 5.99. The smallest absolute Gasteiger partial charge is 0.128 e. The predicted octanol–water partition coefficient (Wildman–Crippen LogP) is 12.9. The van der Waals surface area contributed by atoms with Crippen molar-refractivity contribution in [3.63, 3.8) is 0 Å². The van der Waals surface area contributed by atoms with Crippen molar-refractivity contribution in [2.24, 2.45) is 4.99 Å². The fourth-order valence-corrected chi connectivity index (χ4v) is 8.00. The summed E-state index contributed by atoms with van der Waals surface area (Å²) in [4.78, 5) is 18.7. The van der Waals surface area contributed by atoms with Crippen LogP contribution in [0.5, 0.6) is 5.75 Å². The van der Waals surface area contributed by atoms with E-state index >= 15 is 0 Å². The molecule has 0 amide bonds. The first-order valence-electron chi connectivity index (χ1n) is 18.8. The first kappa shape index (κ1) is 33.1. The minimum Gasteiger partial charge on any atom is -0.496 e. The third kappa shape index (κ3) is 5.83. The van der Waals surface area contributed by atoms with Gasteiger partial charge in [0.05, 0.1) is 29.9 Å². The molecule has 5 heteroatoms. The van der Waals surface area contributed by atoms with Gasteiger partial charge in [0, 0.05) is 55.4 Å². The molecule has 8 bridgehead atoms. The maximum Gasteiger partial charge on any atom is 0.128 e. The van der Waals surface area contributed by atoms with Gasteiger partial charge in [-0.3, -0.25) is 0 Å². The highest BCUT2D eigenvalue weighted by molar-refractivity contribution is 6.23. The van der Waals surface area contributed by atoms with Crippen molar-refractivity contribution in [2.45, 2.75) is 0 Å². The Morgan fingerprint density at radius 2 is 0.821 bits per heavy atom. The Morgan fingerprint density at radius 1 is 0.411 bits per heavy atom. The van der Waals surface area contributed by atoms with E-state index < -0.39 is 0 Å². The number of fused-ring (bicyclic) bond motifs is 8. The third-order valence-electron chi connectivity index (χ3n) is 10.5. The van der Waals surface area contributed by atoms with Crippen LogP contribution in [0.25, 0.3) is 78.7 Å². The van der Waals surface area contributed by atoms with Gasteiger partial charge in [0.25, 0.3) is 0 Å². The van der Waals surface area contributed by atoms with Crippen molar-refractivity contribution in [1.82, 2.24) is 15.0 Å². The number of nitrogens with zero attached hydrogens (tertiary/aromatic N) is 2. The summed E-state index contributed by atoms with van der Waals surface area (Å²) >= 11 is 0. The molecule has 8 aromatic rings. The molecule has 0 radical (unpaired) electrons. The summed E-state index contributed by atoms with van der Waals surface area (Å²) in [5.74, 6) is 0.756. The number of hydrogen-bond acceptors (Lipinski definition) is 3. The van der Waals surface area contributed by atoms with Crippen molar-refractivity contribution in [3.05, 3.63) is 198 Å². The van der Waals surface area contributed by atoms with Crippen molar-refractivity contribution < 1.29 is 4.74 Å². The minimum absolute atomic E-state index is 0.756. The highest BCUT2D eigenvalue weighted by Gasteiger charge is 2.24. The maximum atomic E-state index is 5.99. The van der Waals surface area contributed by atoms with Crippen LogP contribution < -0.4 is 4.74 Å². The molecule has 2 aliphatic rings. The molecular formula is C51H36N4O. The highest BCUT2D eigenvalue weighted by Crippen LogP contribution is 2.43. The Hall–Kier alpha value is -7.50. The number of para-hydroxylation sites is 1. The molecule has 10 rings (SSSR count). The van der Waals surface area contributed by atoms with Crippen LogP contribution in [-0.4, -0.2) is 27.8 Å². The van der Waals surface area contributed by atoms with Gasteiger partial charge in [-0.15, -0.1) is 0 Å². The van der Waals surface area contributed by atoms with Crippen LogP contribution in [0.3, 0.4) is 0 Å². The molecule has 2 N–H and O–H groups in total. The normalized spacial score (nSPS) is 12.1. The average molecular weight is 721 g/mol. The summed E-state index contributed by atoms with van der Waals surface area (Å²) in [5, 5.41) is 0. The number of ether oxygens (including phenoxy) is 1. The van der Waals surface area contributed by atoms with Crippen molar-refractivity contribution in [2.75, 3.05) is 7.11 Å². The lowest BCUT2D eigenvalue weighted by molar-refractivity contribution is 0.414. The zero-order chi connectivity index (χ0) is 37.4. The lowest BCUT2D eigenvalue weighted by Gasteiger charge is -2.12. The summed E-state index contributed by atoms with van der Waals surface area (Å²) in [6.07, 6.45) is 4.27. The van der Waals surface area contributed by atoms with E-state index in [-0.39, 0.29) is 0 Å². The van der Waals surface area contributed by atoms with Crippen molar-refractivity contribution in [1.29, 1.82) is 0 Å². The van der Waals surface area contributed by atoms with Gasteiger partial charge in [-0.2, -0.15) is 0 Å². The number of methoxy groups -OCH3 is 1. The standard InChI is InChI=1S/C51H36N4O/c1-56-46-25-15-14-24-37(46)51-38-32-45(55-51)50(36-22-12-5-13-23-36)44-31-30-43(54-44)49(35-20-10-4-11-21-35)42-29-28-41(53-42)48(34-18-8-3-9-19-34)40-27-26-39(52-40)47(38)33-16-6-2-7-17-33/h2-32,52,54H,1H3. The SMILES string of the molecule is COc1ccccc1C1=Nc2cc1c(-c1ccccc1)c1ccc([nH]1)c(-c1ccccc1)c1nc(c(-c3ccccc3)c3ccc([nH]3)c2-c2ccccc2)C=C1. The molecule has 3 aromatic heterocycles. The summed E-state index contributed by atoms with van der Waals surface area (Å²) < 4.78 is 5.99. The molecule has 0 saturated heterocycles. The van der Waals surface area contributed by atoms with Gasteiger partial charge in [0.2, 0.25) is 0 Å². The summed E-state index contributed by atoms with van der Waals surface area (Å²) in [6.45, 7) is 0. The molecule has 0 aliphatic carbocycles. The van der Waals surface area contributed by atoms with Crippen molar-refractivity contribution >= 4 is 45.6 Å². The van der Waals surface area contributed by atoms with Crippen LogP contribution in [-0.2, 0) is 0 Å². The van der Waals surface area contributed by atoms with Gasteiger partial charge in [0.15, 0.2) is 0 Å². The van der Waals surface area contributed by atoms with Crippen molar-refractivity contribution in [3.8, 4) is 50.3 Å². The van der Waals surface area contributed by atoms with Gasteiger partial charge < -0.3 is 14.7 Å². The average Bonchev–Trinajstić information content (AvgIpc) is 4.10. The quantitative estimate of drug-likeness (QED) is 0.180. The molecule has 0 saturated carbocycles. The van der Waals surface area contributed by atoms with Crippen LogP contribution in [0.1, 0.15) is 22.5 Å². The molecule has 56 heavy (non-hydrogen) atoms. The number of nitrogens with one attached hydrogen (secondary N) is 2. The molecule has 5 aromatic carbocycles. The largest absolute Gasteiger partial charge is 0.496 e. The Bertz CT molecular complexity index is 2980. The van der Waals surface area contributed by atoms with E-state index in [0.29, 0.717) is 0 Å². The van der Waals surface area contributed by atoms with Gasteiger partial charge >= 0.3 is 0 Å². The van der Waals surface area contributed by atoms with Gasteiger partial charge in [0.1, 0.15) is 5.75 Å². The first-order chi connectivity index (χ1) is 27.7. The minimum atomic E-state index is 0.756. The van der Waals surface area contributed by atoms with Gasteiger partial charge in [-0.25, -0.2) is 9.98 Å². The monoisotopic (exact) mass is 720 g/mol. The number of H-pyrrole nitrogens is 2. The third-order valence-corrected chi connectivity index (χ3v) is 10.5. The summed E-state index contributed by atoms with van der Waals surface area (Å²) in [6, 6.07) is 61.2. The number of aromatic amines is 2. The van der Waals surface area contributed by atoms with E-state index in [9.17, 15) is 0 Å². The number of aromatic nitrogens is 3. The number of rotatable bonds is 6. The highest BCUT2D eigenvalue weighted by atomic mass is 16.5. The van der Waals surface area contributed by atoms with Crippen LogP contribution in [0, 0.1) is 0 Å². The van der Waals surface area contributed by atoms with E-state index in [0.717, 1.165) is 106 Å². The second-order valence-corrected chi connectivity index (χ2v) is 13.9. The number of benzene rings is 5. The lowest BCUT2D eigenvalue weighted by atomic mass is 9.94. The van der Waals surface area contributed by atoms with E-state index in [1.165, 1.54) is 0 Å². The second kappa shape index (κ2) is 14.0. The Morgan fingerprint density at radius 3 is 1.32 bits per heavy atom. The van der Waals surface area contributed by atoms with Gasteiger partial charge in [-0.05, 0) is 76.9 Å². The predicted molar refractivity (Wildman–Crippen MR) is 232 cm³/mol. The zero-order valence-corrected chi connectivity index (χ0v) is 30.7. The molecule has 0 fully saturated rings. The fourth-order valence-electron chi connectivity index (χ4n) is 8.00. The topological polar surface area (TPSA) is 66.1 Å². The molecule has 266 valence electrons. The molecule has 5 heterocycles. The Balaban J connectivity index is 1.44. The number of aliphatic imine (C=N–C) groups is 1. The Labute approximate surface area is 325 Å². The molecule has 0 atom stereocenters. The molecule has 2 aliphatic heterocycles. The van der Waals surface area contributed by atoms with Crippen LogP contribution in [0.2, 0.25) is 0 Å². The van der Waals surface area contributed by atoms with E-state index in [1.54, 1.807) is 7.11 Å². The summed E-state index contributed by atoms with van der Waals surface area (Å²) in [5.41, 5.74) is 17.6. The van der Waals surface area contributed by atoms with Gasteiger partial charge in [-0.1, -0.05) is 133 Å². The Kier molecular flexibility index (Phi) is 8.30. The second-order valence-electron chi connectivity index (χ2n) is 13.9.